The molecule has 9 aromatic rings. The molecule has 0 saturated carbocycles. The molecular weight excluding hydrogens is 633 g/mol. The zero-order valence-electron chi connectivity index (χ0n) is 28.5. The van der Waals surface area contributed by atoms with Gasteiger partial charge in [0, 0.05) is 44.1 Å². The number of rotatable bonds is 4. The number of allylic oxidation sites excluding steroid dienone is 4. The number of aromatic nitrogens is 2. The summed E-state index contributed by atoms with van der Waals surface area (Å²) in [6.07, 6.45) is 9.93. The molecule has 7 aromatic carbocycles. The van der Waals surface area contributed by atoms with Gasteiger partial charge in [0.25, 0.3) is 0 Å². The van der Waals surface area contributed by atoms with Crippen molar-refractivity contribution < 1.29 is 0 Å². The summed E-state index contributed by atoms with van der Waals surface area (Å²) in [4.78, 5) is 5.04. The van der Waals surface area contributed by atoms with E-state index < -0.39 is 0 Å². The molecule has 1 aliphatic carbocycles. The number of nitrogens with zero attached hydrogens (tertiary/aromatic N) is 4. The van der Waals surface area contributed by atoms with Gasteiger partial charge in [-0.2, -0.15) is 0 Å². The van der Waals surface area contributed by atoms with E-state index in [1.807, 2.05) is 0 Å². The molecule has 4 nitrogen and oxygen atoms in total. The van der Waals surface area contributed by atoms with E-state index in [1.165, 1.54) is 55.0 Å². The van der Waals surface area contributed by atoms with Crippen LogP contribution in [-0.2, 0) is 0 Å². The summed E-state index contributed by atoms with van der Waals surface area (Å²) in [6, 6.07) is 60.0. The van der Waals surface area contributed by atoms with Crippen molar-refractivity contribution in [2.75, 3.05) is 9.80 Å². The molecule has 1 atom stereocenters. The van der Waals surface area contributed by atoms with Gasteiger partial charge in [0.2, 0.25) is 0 Å². The normalized spacial score (nSPS) is 15.2. The van der Waals surface area contributed by atoms with Gasteiger partial charge in [-0.25, -0.2) is 0 Å². The van der Waals surface area contributed by atoms with Gasteiger partial charge < -0.3 is 18.9 Å². The summed E-state index contributed by atoms with van der Waals surface area (Å²) >= 11 is 0. The van der Waals surface area contributed by atoms with Crippen LogP contribution in [0.4, 0.5) is 34.1 Å². The van der Waals surface area contributed by atoms with E-state index in [1.54, 1.807) is 0 Å². The predicted molar refractivity (Wildman–Crippen MR) is 219 cm³/mol. The summed E-state index contributed by atoms with van der Waals surface area (Å²) < 4.78 is 4.96. The summed E-state index contributed by atoms with van der Waals surface area (Å²) in [6.45, 7) is 0. The molecule has 2 aromatic heterocycles. The number of fused-ring (bicyclic) bond motifs is 10. The minimum absolute atomic E-state index is 0.237. The molecule has 0 saturated heterocycles. The smallest absolute Gasteiger partial charge is 0.0804 e. The quantitative estimate of drug-likeness (QED) is 0.186. The second-order valence-electron chi connectivity index (χ2n) is 13.7. The van der Waals surface area contributed by atoms with E-state index in [2.05, 4.69) is 207 Å². The minimum Gasteiger partial charge on any atom is -0.333 e. The van der Waals surface area contributed by atoms with Crippen molar-refractivity contribution in [2.45, 2.75) is 12.5 Å². The monoisotopic (exact) mass is 666 g/mol. The van der Waals surface area contributed by atoms with Crippen LogP contribution in [-0.4, -0.2) is 9.13 Å². The maximum Gasteiger partial charge on any atom is 0.0804 e. The molecule has 0 radical (unpaired) electrons. The molecule has 0 N–H and O–H groups in total. The Morgan fingerprint density at radius 2 is 0.904 bits per heavy atom. The van der Waals surface area contributed by atoms with E-state index in [9.17, 15) is 0 Å². The van der Waals surface area contributed by atoms with Crippen molar-refractivity contribution in [3.63, 3.8) is 0 Å². The van der Waals surface area contributed by atoms with Crippen molar-refractivity contribution in [1.82, 2.24) is 9.13 Å². The van der Waals surface area contributed by atoms with Crippen LogP contribution in [0.25, 0.3) is 49.3 Å². The highest BCUT2D eigenvalue weighted by molar-refractivity contribution is 6.26. The van der Waals surface area contributed by atoms with E-state index in [4.69, 9.17) is 0 Å². The second kappa shape index (κ2) is 11.4. The Hall–Kier alpha value is -6.78. The maximum atomic E-state index is 2.55. The van der Waals surface area contributed by atoms with E-state index in [-0.39, 0.29) is 6.04 Å². The fourth-order valence-electron chi connectivity index (χ4n) is 8.81. The lowest BCUT2D eigenvalue weighted by Crippen LogP contribution is -2.24. The molecule has 4 heteroatoms. The fraction of sp³-hybridized carbons (Fsp3) is 0.0417. The first kappa shape index (κ1) is 29.0. The van der Waals surface area contributed by atoms with Crippen molar-refractivity contribution in [1.29, 1.82) is 0 Å². The molecule has 0 bridgehead atoms. The highest BCUT2D eigenvalue weighted by Crippen LogP contribution is 2.60. The SMILES string of the molecule is C1=CCC(n2c3ccccc3c3c4c(ccc32)N(c2ccccc2)c2c(ccc3c2c2ccccc2n3-c2ccccc2)N4c2ccccc2)C=C1. The van der Waals surface area contributed by atoms with Crippen molar-refractivity contribution in [3.05, 3.63) is 188 Å². The van der Waals surface area contributed by atoms with Gasteiger partial charge in [0.15, 0.2) is 0 Å². The largest absolute Gasteiger partial charge is 0.333 e. The van der Waals surface area contributed by atoms with E-state index in [0.29, 0.717) is 0 Å². The molecule has 1 aliphatic heterocycles. The van der Waals surface area contributed by atoms with Gasteiger partial charge in [0.1, 0.15) is 0 Å². The summed E-state index contributed by atoms with van der Waals surface area (Å²) in [5.74, 6) is 0. The zero-order valence-corrected chi connectivity index (χ0v) is 28.5. The van der Waals surface area contributed by atoms with Gasteiger partial charge in [-0.05, 0) is 79.2 Å². The number of para-hydroxylation sites is 5. The molecule has 52 heavy (non-hydrogen) atoms. The first-order valence-corrected chi connectivity index (χ1v) is 18.1. The Balaban J connectivity index is 1.32. The van der Waals surface area contributed by atoms with E-state index in [0.717, 1.165) is 34.9 Å². The third kappa shape index (κ3) is 4.09. The standard InChI is InChI=1S/C48H34N4/c1-5-17-33(18-6-1)49-39-27-15-13-25-37(39)45-41(49)29-31-43-47(45)51(35-21-9-3-10-22-35)44-32-30-42-46(48(44)52(43)36-23-11-4-12-24-36)38-26-14-16-28-40(38)50(42)34-19-7-2-8-20-34/h1-19,21-32,34H,20H2. The van der Waals surface area contributed by atoms with E-state index >= 15 is 0 Å². The predicted octanol–water partition coefficient (Wildman–Crippen LogP) is 13.2. The number of benzene rings is 7. The average molecular weight is 667 g/mol. The molecule has 0 spiro atoms. The van der Waals surface area contributed by atoms with Crippen molar-refractivity contribution in [2.24, 2.45) is 0 Å². The molecular formula is C48H34N4. The number of hydrogen-bond donors (Lipinski definition) is 0. The molecule has 3 heterocycles. The first-order valence-electron chi connectivity index (χ1n) is 18.1. The van der Waals surface area contributed by atoms with Crippen molar-refractivity contribution in [3.8, 4) is 5.69 Å². The Labute approximate surface area is 302 Å². The summed E-state index contributed by atoms with van der Waals surface area (Å²) in [5, 5.41) is 4.98. The fourth-order valence-corrected chi connectivity index (χ4v) is 8.81. The van der Waals surface area contributed by atoms with Crippen LogP contribution in [0.1, 0.15) is 12.5 Å². The molecule has 11 rings (SSSR count). The molecule has 0 fully saturated rings. The van der Waals surface area contributed by atoms with Crippen LogP contribution in [0.3, 0.4) is 0 Å². The summed E-state index contributed by atoms with van der Waals surface area (Å²) in [5.41, 5.74) is 12.9. The lowest BCUT2D eigenvalue weighted by atomic mass is 9.98. The van der Waals surface area contributed by atoms with Crippen LogP contribution >= 0.6 is 0 Å². The van der Waals surface area contributed by atoms with Gasteiger partial charge >= 0.3 is 0 Å². The maximum absolute atomic E-state index is 2.55. The third-order valence-electron chi connectivity index (χ3n) is 10.9. The van der Waals surface area contributed by atoms with Crippen LogP contribution < -0.4 is 9.80 Å². The summed E-state index contributed by atoms with van der Waals surface area (Å²) in [7, 11) is 0. The highest BCUT2D eigenvalue weighted by atomic mass is 15.3. The number of anilines is 6. The van der Waals surface area contributed by atoms with Crippen molar-refractivity contribution >= 4 is 77.7 Å². The third-order valence-corrected chi connectivity index (χ3v) is 10.9. The topological polar surface area (TPSA) is 16.3 Å². The molecule has 2 aliphatic rings. The molecule has 0 amide bonds. The first-order chi connectivity index (χ1) is 25.9. The van der Waals surface area contributed by atoms with Crippen LogP contribution in [0.2, 0.25) is 0 Å². The van der Waals surface area contributed by atoms with Crippen LogP contribution in [0, 0.1) is 0 Å². The Kier molecular flexibility index (Phi) is 6.34. The van der Waals surface area contributed by atoms with Gasteiger partial charge in [0.05, 0.1) is 45.3 Å². The van der Waals surface area contributed by atoms with Gasteiger partial charge in [-0.15, -0.1) is 0 Å². The lowest BCUT2D eigenvalue weighted by molar-refractivity contribution is 0.648. The Morgan fingerprint density at radius 1 is 0.404 bits per heavy atom. The Bertz CT molecular complexity index is 2880. The van der Waals surface area contributed by atoms with Gasteiger partial charge in [-0.3, -0.25) is 0 Å². The Morgan fingerprint density at radius 3 is 1.50 bits per heavy atom. The highest BCUT2D eigenvalue weighted by Gasteiger charge is 2.36. The van der Waals surface area contributed by atoms with Gasteiger partial charge in [-0.1, -0.05) is 115 Å². The number of hydrogen-bond acceptors (Lipinski definition) is 2. The van der Waals surface area contributed by atoms with Crippen LogP contribution in [0.15, 0.2) is 188 Å². The van der Waals surface area contributed by atoms with Crippen LogP contribution in [0.5, 0.6) is 0 Å². The second-order valence-corrected chi connectivity index (χ2v) is 13.7. The zero-order chi connectivity index (χ0) is 34.2. The molecule has 1 unspecified atom stereocenters. The average Bonchev–Trinajstić information content (AvgIpc) is 3.74. The molecule has 246 valence electrons. The lowest BCUT2D eigenvalue weighted by Gasteiger charge is -2.41. The minimum atomic E-state index is 0.237.